The molecule has 0 aromatic carbocycles. The highest BCUT2D eigenvalue weighted by Gasteiger charge is 2.37. The van der Waals surface area contributed by atoms with Crippen LogP contribution in [-0.2, 0) is 0 Å². The lowest BCUT2D eigenvalue weighted by atomic mass is 10.0. The van der Waals surface area contributed by atoms with Crippen molar-refractivity contribution >= 4 is 5.91 Å². The minimum Gasteiger partial charge on any atom is -0.337 e. The molecule has 4 rings (SSSR count). The second-order valence-corrected chi connectivity index (χ2v) is 5.24. The average molecular weight is 307 g/mol. The maximum Gasteiger partial charge on any atom is 0.254 e. The minimum atomic E-state index is -0.173. The molecule has 7 nitrogen and oxygen atoms in total. The highest BCUT2D eigenvalue weighted by atomic mass is 16.5. The monoisotopic (exact) mass is 307 g/mol. The van der Waals surface area contributed by atoms with Crippen molar-refractivity contribution in [2.45, 2.75) is 12.5 Å². The number of carbonyl (C=O) groups excluding carboxylic acids is 1. The van der Waals surface area contributed by atoms with Gasteiger partial charge in [-0.3, -0.25) is 14.8 Å². The molecule has 114 valence electrons. The largest absolute Gasteiger partial charge is 0.337 e. The van der Waals surface area contributed by atoms with Crippen LogP contribution in [0.15, 0.2) is 53.6 Å². The van der Waals surface area contributed by atoms with Crippen molar-refractivity contribution in [2.24, 2.45) is 0 Å². The van der Waals surface area contributed by atoms with E-state index in [1.807, 2.05) is 12.1 Å². The number of carbonyl (C=O) groups is 1. The fraction of sp³-hybridized carbons (Fsp3) is 0.188. The Morgan fingerprint density at radius 1 is 1.17 bits per heavy atom. The van der Waals surface area contributed by atoms with Crippen LogP contribution >= 0.6 is 0 Å². The smallest absolute Gasteiger partial charge is 0.254 e. The summed E-state index contributed by atoms with van der Waals surface area (Å²) in [6, 6.07) is 6.91. The van der Waals surface area contributed by atoms with Gasteiger partial charge < -0.3 is 9.42 Å². The molecule has 0 spiro atoms. The molecule has 1 atom stereocenters. The Kier molecular flexibility index (Phi) is 3.30. The summed E-state index contributed by atoms with van der Waals surface area (Å²) in [6.07, 6.45) is 7.39. The van der Waals surface area contributed by atoms with Crippen molar-refractivity contribution < 1.29 is 9.32 Å². The first-order chi connectivity index (χ1) is 11.3. The highest BCUT2D eigenvalue weighted by molar-refractivity contribution is 5.94. The zero-order valence-electron chi connectivity index (χ0n) is 12.2. The van der Waals surface area contributed by atoms with E-state index in [4.69, 9.17) is 4.52 Å². The topological polar surface area (TPSA) is 85.0 Å². The van der Waals surface area contributed by atoms with Crippen LogP contribution in [0.4, 0.5) is 0 Å². The molecule has 1 fully saturated rings. The number of nitrogens with zero attached hydrogens (tertiary/aromatic N) is 5. The quantitative estimate of drug-likeness (QED) is 0.736. The van der Waals surface area contributed by atoms with Crippen LogP contribution < -0.4 is 0 Å². The summed E-state index contributed by atoms with van der Waals surface area (Å²) >= 11 is 0. The summed E-state index contributed by atoms with van der Waals surface area (Å²) in [6.45, 7) is 0.677. The zero-order chi connectivity index (χ0) is 15.6. The Labute approximate surface area is 132 Å². The molecule has 0 radical (unpaired) electrons. The van der Waals surface area contributed by atoms with E-state index < -0.39 is 0 Å². The van der Waals surface area contributed by atoms with Gasteiger partial charge >= 0.3 is 0 Å². The third-order valence-electron chi connectivity index (χ3n) is 3.85. The van der Waals surface area contributed by atoms with E-state index in [9.17, 15) is 4.79 Å². The molecule has 7 heteroatoms. The van der Waals surface area contributed by atoms with Crippen molar-refractivity contribution in [3.05, 3.63) is 60.5 Å². The van der Waals surface area contributed by atoms with Crippen molar-refractivity contribution in [3.63, 3.8) is 0 Å². The maximum atomic E-state index is 12.5. The van der Waals surface area contributed by atoms with Gasteiger partial charge in [-0.15, -0.1) is 0 Å². The van der Waals surface area contributed by atoms with E-state index in [2.05, 4.69) is 20.1 Å². The van der Waals surface area contributed by atoms with Gasteiger partial charge in [-0.25, -0.2) is 0 Å². The molecular formula is C16H13N5O2. The summed E-state index contributed by atoms with van der Waals surface area (Å²) in [5.74, 6) is 0.888. The molecule has 0 aliphatic carbocycles. The second-order valence-electron chi connectivity index (χ2n) is 5.24. The lowest BCUT2D eigenvalue weighted by Gasteiger charge is -2.38. The van der Waals surface area contributed by atoms with Gasteiger partial charge in [0.15, 0.2) is 0 Å². The van der Waals surface area contributed by atoms with Crippen LogP contribution in [0.5, 0.6) is 0 Å². The van der Waals surface area contributed by atoms with Gasteiger partial charge in [0.2, 0.25) is 11.7 Å². The van der Waals surface area contributed by atoms with Crippen molar-refractivity contribution in [1.82, 2.24) is 25.0 Å². The van der Waals surface area contributed by atoms with Gasteiger partial charge in [-0.05, 0) is 30.7 Å². The van der Waals surface area contributed by atoms with E-state index in [1.165, 1.54) is 0 Å². The fourth-order valence-electron chi connectivity index (χ4n) is 2.53. The van der Waals surface area contributed by atoms with E-state index in [0.717, 1.165) is 12.0 Å². The molecule has 23 heavy (non-hydrogen) atoms. The first-order valence-electron chi connectivity index (χ1n) is 7.28. The normalized spacial score (nSPS) is 16.9. The molecule has 0 N–H and O–H groups in total. The molecule has 1 amide bonds. The van der Waals surface area contributed by atoms with Crippen molar-refractivity contribution in [2.75, 3.05) is 6.54 Å². The van der Waals surface area contributed by atoms with E-state index >= 15 is 0 Å². The third kappa shape index (κ3) is 2.46. The molecule has 0 bridgehead atoms. The molecule has 0 saturated carbocycles. The molecule has 3 aromatic rings. The number of hydrogen-bond donors (Lipinski definition) is 0. The van der Waals surface area contributed by atoms with Gasteiger partial charge in [0.1, 0.15) is 6.04 Å². The molecule has 1 saturated heterocycles. The van der Waals surface area contributed by atoms with Gasteiger partial charge in [0, 0.05) is 42.5 Å². The minimum absolute atomic E-state index is 0.0511. The van der Waals surface area contributed by atoms with Crippen molar-refractivity contribution in [1.29, 1.82) is 0 Å². The Morgan fingerprint density at radius 3 is 2.74 bits per heavy atom. The van der Waals surface area contributed by atoms with Crippen LogP contribution in [0.1, 0.15) is 28.7 Å². The molecule has 3 aromatic heterocycles. The summed E-state index contributed by atoms with van der Waals surface area (Å²) in [5, 5.41) is 3.98. The SMILES string of the molecule is O=C(c1ccncc1)N1CC[C@@H]1c1nc(-c2cccnc2)no1. The van der Waals surface area contributed by atoms with E-state index in [-0.39, 0.29) is 11.9 Å². The standard InChI is InChI=1S/C16H13N5O2/c22-16(11-3-7-17-8-4-11)21-9-5-13(21)15-19-14(20-23-15)12-2-1-6-18-10-12/h1-4,6-8,10,13H,5,9H2/t13-/m1/s1. The summed E-state index contributed by atoms with van der Waals surface area (Å²) in [4.78, 5) is 26.6. The van der Waals surface area contributed by atoms with Crippen LogP contribution in [0.25, 0.3) is 11.4 Å². The number of rotatable bonds is 3. The lowest BCUT2D eigenvalue weighted by Crippen LogP contribution is -2.45. The first kappa shape index (κ1) is 13.6. The number of likely N-dealkylation sites (tertiary alicyclic amines) is 1. The Morgan fingerprint density at radius 2 is 2.04 bits per heavy atom. The van der Waals surface area contributed by atoms with Crippen molar-refractivity contribution in [3.8, 4) is 11.4 Å². The number of amides is 1. The summed E-state index contributed by atoms with van der Waals surface area (Å²) in [5.41, 5.74) is 1.39. The van der Waals surface area contributed by atoms with E-state index in [0.29, 0.717) is 23.8 Å². The Bertz CT molecular complexity index is 819. The van der Waals surface area contributed by atoms with Crippen LogP contribution in [-0.4, -0.2) is 37.5 Å². The van der Waals surface area contributed by atoms with Gasteiger partial charge in [-0.2, -0.15) is 4.98 Å². The second kappa shape index (κ2) is 5.60. The molecule has 0 unspecified atom stereocenters. The molecule has 1 aliphatic heterocycles. The third-order valence-corrected chi connectivity index (χ3v) is 3.85. The highest BCUT2D eigenvalue weighted by Crippen LogP contribution is 2.34. The first-order valence-corrected chi connectivity index (χ1v) is 7.28. The number of aromatic nitrogens is 4. The van der Waals surface area contributed by atoms with Crippen LogP contribution in [0, 0.1) is 0 Å². The predicted octanol–water partition coefficient (Wildman–Crippen LogP) is 2.11. The van der Waals surface area contributed by atoms with Gasteiger partial charge in [-0.1, -0.05) is 5.16 Å². The Balaban J connectivity index is 1.55. The Hall–Kier alpha value is -3.09. The number of hydrogen-bond acceptors (Lipinski definition) is 6. The van der Waals surface area contributed by atoms with Crippen LogP contribution in [0.2, 0.25) is 0 Å². The predicted molar refractivity (Wildman–Crippen MR) is 80.2 cm³/mol. The lowest BCUT2D eigenvalue weighted by molar-refractivity contribution is 0.0378. The van der Waals surface area contributed by atoms with Crippen LogP contribution in [0.3, 0.4) is 0 Å². The van der Waals surface area contributed by atoms with Gasteiger partial charge in [0.05, 0.1) is 0 Å². The molecule has 1 aliphatic rings. The summed E-state index contributed by atoms with van der Waals surface area (Å²) in [7, 11) is 0. The fourth-order valence-corrected chi connectivity index (χ4v) is 2.53. The summed E-state index contributed by atoms with van der Waals surface area (Å²) < 4.78 is 5.34. The van der Waals surface area contributed by atoms with E-state index in [1.54, 1.807) is 41.8 Å². The van der Waals surface area contributed by atoms with Gasteiger partial charge in [0.25, 0.3) is 5.91 Å². The number of pyridine rings is 2. The molecule has 4 heterocycles. The molecular weight excluding hydrogens is 294 g/mol. The maximum absolute atomic E-state index is 12.5. The zero-order valence-corrected chi connectivity index (χ0v) is 12.2. The average Bonchev–Trinajstić information content (AvgIpc) is 3.05.